The first-order chi connectivity index (χ1) is 14.2. The van der Waals surface area contributed by atoms with Gasteiger partial charge in [0.2, 0.25) is 0 Å². The predicted molar refractivity (Wildman–Crippen MR) is 107 cm³/mol. The standard InChI is InChI=1S/C23H19NO5/c1-27-21-14-17(10-12-22(25)28-16-18-6-3-2-4-7-18)9-11-20(21)29-23(26)19-8-5-13-24-15-19/h2-15H,16H2,1H3. The normalized spacial score (nSPS) is 10.5. The van der Waals surface area contributed by atoms with Crippen molar-refractivity contribution in [2.75, 3.05) is 7.11 Å². The average Bonchev–Trinajstić information content (AvgIpc) is 2.78. The number of nitrogens with zero attached hydrogens (tertiary/aromatic N) is 1. The Kier molecular flexibility index (Phi) is 6.73. The molecule has 0 aliphatic carbocycles. The number of carbonyl (C=O) groups excluding carboxylic acids is 2. The predicted octanol–water partition coefficient (Wildman–Crippen LogP) is 4.07. The molecule has 0 aliphatic heterocycles. The molecule has 3 rings (SSSR count). The maximum absolute atomic E-state index is 12.2. The van der Waals surface area contributed by atoms with E-state index in [0.29, 0.717) is 16.9 Å². The fourth-order valence-corrected chi connectivity index (χ4v) is 2.46. The van der Waals surface area contributed by atoms with Gasteiger partial charge in [0, 0.05) is 18.5 Å². The van der Waals surface area contributed by atoms with Gasteiger partial charge in [0.15, 0.2) is 11.5 Å². The molecule has 1 heterocycles. The third-order valence-corrected chi connectivity index (χ3v) is 3.92. The Labute approximate surface area is 168 Å². The molecule has 0 saturated carbocycles. The molecular formula is C23H19NO5. The summed E-state index contributed by atoms with van der Waals surface area (Å²) in [4.78, 5) is 28.0. The first-order valence-corrected chi connectivity index (χ1v) is 8.85. The smallest absolute Gasteiger partial charge is 0.345 e. The molecule has 6 heteroatoms. The topological polar surface area (TPSA) is 74.7 Å². The van der Waals surface area contributed by atoms with Crippen LogP contribution < -0.4 is 9.47 Å². The quantitative estimate of drug-likeness (QED) is 0.345. The van der Waals surface area contributed by atoms with E-state index in [2.05, 4.69) is 4.98 Å². The molecule has 2 aromatic carbocycles. The molecule has 1 aromatic heterocycles. The number of esters is 2. The van der Waals surface area contributed by atoms with Gasteiger partial charge in [0.1, 0.15) is 6.61 Å². The highest BCUT2D eigenvalue weighted by Crippen LogP contribution is 2.29. The van der Waals surface area contributed by atoms with Crippen molar-refractivity contribution in [1.29, 1.82) is 0 Å². The number of pyridine rings is 1. The maximum atomic E-state index is 12.2. The van der Waals surface area contributed by atoms with Crippen molar-refractivity contribution in [2.45, 2.75) is 6.61 Å². The number of aromatic nitrogens is 1. The van der Waals surface area contributed by atoms with Crippen LogP contribution in [0.5, 0.6) is 11.5 Å². The number of hydrogen-bond donors (Lipinski definition) is 0. The average molecular weight is 389 g/mol. The highest BCUT2D eigenvalue weighted by Gasteiger charge is 2.12. The molecule has 146 valence electrons. The maximum Gasteiger partial charge on any atom is 0.345 e. The SMILES string of the molecule is COc1cc(C=CC(=O)OCc2ccccc2)ccc1OC(=O)c1cccnc1. The highest BCUT2D eigenvalue weighted by molar-refractivity contribution is 5.91. The molecule has 0 N–H and O–H groups in total. The third-order valence-electron chi connectivity index (χ3n) is 3.92. The minimum Gasteiger partial charge on any atom is -0.493 e. The van der Waals surface area contributed by atoms with Crippen molar-refractivity contribution < 1.29 is 23.8 Å². The molecule has 0 fully saturated rings. The molecule has 0 bridgehead atoms. The summed E-state index contributed by atoms with van der Waals surface area (Å²) in [6.45, 7) is 0.205. The zero-order valence-corrected chi connectivity index (χ0v) is 15.8. The highest BCUT2D eigenvalue weighted by atomic mass is 16.6. The van der Waals surface area contributed by atoms with Crippen molar-refractivity contribution in [3.8, 4) is 11.5 Å². The zero-order valence-electron chi connectivity index (χ0n) is 15.8. The largest absolute Gasteiger partial charge is 0.493 e. The molecule has 3 aromatic rings. The fraction of sp³-hybridized carbons (Fsp3) is 0.0870. The lowest BCUT2D eigenvalue weighted by Crippen LogP contribution is -2.09. The summed E-state index contributed by atoms with van der Waals surface area (Å²) in [5.74, 6) is -0.365. The van der Waals surface area contributed by atoms with Gasteiger partial charge in [-0.15, -0.1) is 0 Å². The third kappa shape index (κ3) is 5.77. The number of carbonyl (C=O) groups is 2. The van der Waals surface area contributed by atoms with Crippen LogP contribution in [0.3, 0.4) is 0 Å². The Balaban J connectivity index is 1.62. The monoisotopic (exact) mass is 389 g/mol. The summed E-state index contributed by atoms with van der Waals surface area (Å²) in [5, 5.41) is 0. The minimum atomic E-state index is -0.538. The second-order valence-electron chi connectivity index (χ2n) is 5.97. The van der Waals surface area contributed by atoms with Gasteiger partial charge in [-0.25, -0.2) is 9.59 Å². The fourth-order valence-electron chi connectivity index (χ4n) is 2.46. The van der Waals surface area contributed by atoms with Crippen molar-refractivity contribution >= 4 is 18.0 Å². The molecule has 0 saturated heterocycles. The van der Waals surface area contributed by atoms with E-state index in [1.54, 1.807) is 42.6 Å². The summed E-state index contributed by atoms with van der Waals surface area (Å²) >= 11 is 0. The first-order valence-electron chi connectivity index (χ1n) is 8.85. The lowest BCUT2D eigenvalue weighted by molar-refractivity contribution is -0.138. The molecule has 29 heavy (non-hydrogen) atoms. The van der Waals surface area contributed by atoms with Crippen LogP contribution in [-0.4, -0.2) is 24.0 Å². The minimum absolute atomic E-state index is 0.205. The van der Waals surface area contributed by atoms with Gasteiger partial charge in [0.05, 0.1) is 12.7 Å². The van der Waals surface area contributed by atoms with Gasteiger partial charge < -0.3 is 14.2 Å². The van der Waals surface area contributed by atoms with E-state index in [-0.39, 0.29) is 12.4 Å². The number of benzene rings is 2. The van der Waals surface area contributed by atoms with Crippen LogP contribution in [0.15, 0.2) is 79.1 Å². The molecule has 6 nitrogen and oxygen atoms in total. The number of rotatable bonds is 7. The van der Waals surface area contributed by atoms with Crippen LogP contribution in [0.1, 0.15) is 21.5 Å². The van der Waals surface area contributed by atoms with E-state index in [9.17, 15) is 9.59 Å². The van der Waals surface area contributed by atoms with Crippen LogP contribution in [0.25, 0.3) is 6.08 Å². The first kappa shape index (κ1) is 19.8. The van der Waals surface area contributed by atoms with Crippen LogP contribution in [0, 0.1) is 0 Å². The van der Waals surface area contributed by atoms with Gasteiger partial charge in [0.25, 0.3) is 0 Å². The lowest BCUT2D eigenvalue weighted by Gasteiger charge is -2.10. The Bertz CT molecular complexity index is 1000. The van der Waals surface area contributed by atoms with Crippen molar-refractivity contribution in [3.05, 3.63) is 95.8 Å². The van der Waals surface area contributed by atoms with E-state index in [1.165, 1.54) is 19.4 Å². The summed E-state index contributed by atoms with van der Waals surface area (Å²) in [6.07, 6.45) is 5.93. The van der Waals surface area contributed by atoms with Gasteiger partial charge in [-0.05, 0) is 41.5 Å². The van der Waals surface area contributed by atoms with E-state index in [1.807, 2.05) is 30.3 Å². The number of hydrogen-bond acceptors (Lipinski definition) is 6. The Morgan fingerprint density at radius 2 is 1.83 bits per heavy atom. The molecule has 0 amide bonds. The number of methoxy groups -OCH3 is 1. The van der Waals surface area contributed by atoms with Crippen molar-refractivity contribution in [1.82, 2.24) is 4.98 Å². The van der Waals surface area contributed by atoms with Crippen LogP contribution in [0.4, 0.5) is 0 Å². The van der Waals surface area contributed by atoms with E-state index < -0.39 is 11.9 Å². The Hall–Kier alpha value is -3.93. The van der Waals surface area contributed by atoms with E-state index in [0.717, 1.165) is 5.56 Å². The molecule has 0 aliphatic rings. The van der Waals surface area contributed by atoms with Crippen molar-refractivity contribution in [3.63, 3.8) is 0 Å². The Morgan fingerprint density at radius 1 is 1.00 bits per heavy atom. The summed E-state index contributed by atoms with van der Waals surface area (Å²) in [5.41, 5.74) is 1.94. The summed E-state index contributed by atoms with van der Waals surface area (Å²) < 4.78 is 15.9. The van der Waals surface area contributed by atoms with Gasteiger partial charge in [-0.1, -0.05) is 36.4 Å². The van der Waals surface area contributed by atoms with Crippen molar-refractivity contribution in [2.24, 2.45) is 0 Å². The Morgan fingerprint density at radius 3 is 2.55 bits per heavy atom. The zero-order chi connectivity index (χ0) is 20.5. The van der Waals surface area contributed by atoms with E-state index >= 15 is 0 Å². The van der Waals surface area contributed by atoms with Crippen LogP contribution in [0.2, 0.25) is 0 Å². The van der Waals surface area contributed by atoms with Gasteiger partial charge in [-0.2, -0.15) is 0 Å². The molecule has 0 radical (unpaired) electrons. The number of ether oxygens (including phenoxy) is 3. The molecule has 0 spiro atoms. The molecule has 0 unspecified atom stereocenters. The van der Waals surface area contributed by atoms with Gasteiger partial charge in [-0.3, -0.25) is 4.98 Å². The lowest BCUT2D eigenvalue weighted by atomic mass is 10.2. The molecule has 0 atom stereocenters. The second kappa shape index (κ2) is 9.85. The van der Waals surface area contributed by atoms with Crippen LogP contribution in [-0.2, 0) is 16.1 Å². The van der Waals surface area contributed by atoms with Gasteiger partial charge >= 0.3 is 11.9 Å². The van der Waals surface area contributed by atoms with Crippen LogP contribution >= 0.6 is 0 Å². The summed E-state index contributed by atoms with van der Waals surface area (Å²) in [7, 11) is 1.47. The molecular weight excluding hydrogens is 370 g/mol. The van der Waals surface area contributed by atoms with E-state index in [4.69, 9.17) is 14.2 Å². The second-order valence-corrected chi connectivity index (χ2v) is 5.97. The summed E-state index contributed by atoms with van der Waals surface area (Å²) in [6, 6.07) is 17.7.